The van der Waals surface area contributed by atoms with E-state index in [4.69, 9.17) is 14.2 Å². The third-order valence-corrected chi connectivity index (χ3v) is 5.18. The van der Waals surface area contributed by atoms with Crippen molar-refractivity contribution < 1.29 is 14.2 Å². The molecule has 0 saturated heterocycles. The molecular formula is C25H34N2O5. The summed E-state index contributed by atoms with van der Waals surface area (Å²) in [7, 11) is 3.23. The molecule has 0 unspecified atom stereocenters. The van der Waals surface area contributed by atoms with Crippen LogP contribution >= 0.6 is 0 Å². The second kappa shape index (κ2) is 12.2. The monoisotopic (exact) mass is 442 g/mol. The van der Waals surface area contributed by atoms with E-state index >= 15 is 0 Å². The molecule has 0 N–H and O–H groups in total. The summed E-state index contributed by atoms with van der Waals surface area (Å²) < 4.78 is 18.7. The fourth-order valence-corrected chi connectivity index (χ4v) is 3.57. The molecule has 1 aliphatic rings. The predicted octanol–water partition coefficient (Wildman–Crippen LogP) is 4.09. The zero-order valence-corrected chi connectivity index (χ0v) is 19.9. The Morgan fingerprint density at radius 2 is 1.88 bits per heavy atom. The second-order valence-electron chi connectivity index (χ2n) is 7.35. The molecule has 2 aromatic rings. The average molecular weight is 443 g/mol. The third kappa shape index (κ3) is 5.87. The Labute approximate surface area is 189 Å². The van der Waals surface area contributed by atoms with Gasteiger partial charge < -0.3 is 14.2 Å². The van der Waals surface area contributed by atoms with Gasteiger partial charge in [-0.15, -0.1) is 0 Å². The van der Waals surface area contributed by atoms with Gasteiger partial charge in [0.1, 0.15) is 12.5 Å². The molecule has 1 heterocycles. The fraction of sp³-hybridized carbons (Fsp3) is 0.440. The van der Waals surface area contributed by atoms with Crippen LogP contribution in [0.2, 0.25) is 0 Å². The first kappa shape index (κ1) is 25.4. The molecule has 32 heavy (non-hydrogen) atoms. The zero-order valence-electron chi connectivity index (χ0n) is 19.9. The van der Waals surface area contributed by atoms with Gasteiger partial charge in [0.15, 0.2) is 6.79 Å². The van der Waals surface area contributed by atoms with Gasteiger partial charge >= 0.3 is 5.69 Å². The number of hydrogen-bond acceptors (Lipinski definition) is 5. The lowest BCUT2D eigenvalue weighted by atomic mass is 10.0. The number of methoxy groups -OCH3 is 1. The molecule has 0 radical (unpaired) electrons. The SMILES string of the molecule is CC.COCOc1ccc(-c2c(C)c(=O)n(COCC3=CC=CCC3)c(=O)n2C)c(C)c1. The minimum absolute atomic E-state index is 0.0730. The van der Waals surface area contributed by atoms with Gasteiger partial charge in [0.05, 0.1) is 12.3 Å². The average Bonchev–Trinajstić information content (AvgIpc) is 2.82. The van der Waals surface area contributed by atoms with E-state index in [0.717, 1.165) is 34.1 Å². The van der Waals surface area contributed by atoms with Gasteiger partial charge in [-0.2, -0.15) is 0 Å². The molecule has 0 saturated carbocycles. The van der Waals surface area contributed by atoms with E-state index in [9.17, 15) is 9.59 Å². The summed E-state index contributed by atoms with van der Waals surface area (Å²) in [6, 6.07) is 5.51. The Balaban J connectivity index is 0.00000176. The number of allylic oxidation sites excluding steroid dienone is 3. The van der Waals surface area contributed by atoms with Crippen molar-refractivity contribution in [3.8, 4) is 17.0 Å². The highest BCUT2D eigenvalue weighted by Gasteiger charge is 2.17. The van der Waals surface area contributed by atoms with E-state index < -0.39 is 5.69 Å². The summed E-state index contributed by atoms with van der Waals surface area (Å²) in [5.41, 5.74) is 3.20. The minimum atomic E-state index is -0.405. The molecule has 0 aliphatic heterocycles. The van der Waals surface area contributed by atoms with Crippen molar-refractivity contribution in [1.29, 1.82) is 0 Å². The van der Waals surface area contributed by atoms with Gasteiger partial charge in [0.25, 0.3) is 5.56 Å². The normalized spacial score (nSPS) is 12.8. The van der Waals surface area contributed by atoms with Crippen LogP contribution < -0.4 is 16.0 Å². The second-order valence-corrected chi connectivity index (χ2v) is 7.35. The predicted molar refractivity (Wildman–Crippen MR) is 127 cm³/mol. The van der Waals surface area contributed by atoms with Crippen LogP contribution in [0.5, 0.6) is 5.75 Å². The highest BCUT2D eigenvalue weighted by atomic mass is 16.7. The van der Waals surface area contributed by atoms with E-state index in [1.807, 2.05) is 45.1 Å². The summed E-state index contributed by atoms with van der Waals surface area (Å²) in [5, 5.41) is 0. The van der Waals surface area contributed by atoms with Gasteiger partial charge in [-0.25, -0.2) is 9.36 Å². The number of benzene rings is 1. The van der Waals surface area contributed by atoms with Crippen LogP contribution in [0.25, 0.3) is 11.3 Å². The highest BCUT2D eigenvalue weighted by molar-refractivity contribution is 5.67. The van der Waals surface area contributed by atoms with Crippen molar-refractivity contribution in [2.75, 3.05) is 20.5 Å². The summed E-state index contributed by atoms with van der Waals surface area (Å²) in [6.07, 6.45) is 8.04. The largest absolute Gasteiger partial charge is 0.468 e. The molecule has 1 aromatic carbocycles. The van der Waals surface area contributed by atoms with Gasteiger partial charge in [-0.05, 0) is 56.0 Å². The summed E-state index contributed by atoms with van der Waals surface area (Å²) in [6.45, 7) is 8.13. The van der Waals surface area contributed by atoms with E-state index in [-0.39, 0.29) is 19.1 Å². The summed E-state index contributed by atoms with van der Waals surface area (Å²) in [4.78, 5) is 25.9. The first-order valence-electron chi connectivity index (χ1n) is 10.9. The van der Waals surface area contributed by atoms with Crippen molar-refractivity contribution in [2.24, 2.45) is 7.05 Å². The van der Waals surface area contributed by atoms with Crippen molar-refractivity contribution in [3.05, 3.63) is 74.0 Å². The lowest BCUT2D eigenvalue weighted by Gasteiger charge is -2.18. The molecule has 0 spiro atoms. The van der Waals surface area contributed by atoms with E-state index in [1.165, 1.54) is 4.57 Å². The maximum Gasteiger partial charge on any atom is 0.333 e. The fourth-order valence-electron chi connectivity index (χ4n) is 3.57. The molecule has 174 valence electrons. The van der Waals surface area contributed by atoms with Crippen molar-refractivity contribution in [1.82, 2.24) is 9.13 Å². The Hall–Kier alpha value is -2.90. The number of hydrogen-bond donors (Lipinski definition) is 0. The van der Waals surface area contributed by atoms with Crippen LogP contribution in [0.1, 0.15) is 37.8 Å². The maximum absolute atomic E-state index is 12.9. The van der Waals surface area contributed by atoms with E-state index in [2.05, 4.69) is 6.08 Å². The van der Waals surface area contributed by atoms with Crippen LogP contribution in [0, 0.1) is 13.8 Å². The van der Waals surface area contributed by atoms with Crippen molar-refractivity contribution in [2.45, 2.75) is 47.3 Å². The van der Waals surface area contributed by atoms with E-state index in [0.29, 0.717) is 23.6 Å². The Morgan fingerprint density at radius 3 is 2.50 bits per heavy atom. The summed E-state index contributed by atoms with van der Waals surface area (Å²) in [5.74, 6) is 0.661. The molecule has 3 rings (SSSR count). The molecular weight excluding hydrogens is 408 g/mol. The molecule has 0 bridgehead atoms. The molecule has 0 atom stereocenters. The summed E-state index contributed by atoms with van der Waals surface area (Å²) >= 11 is 0. The van der Waals surface area contributed by atoms with Gasteiger partial charge in [0, 0.05) is 25.3 Å². The van der Waals surface area contributed by atoms with Crippen molar-refractivity contribution in [3.63, 3.8) is 0 Å². The van der Waals surface area contributed by atoms with Crippen LogP contribution in [0.3, 0.4) is 0 Å². The van der Waals surface area contributed by atoms with Gasteiger partial charge in [-0.1, -0.05) is 32.1 Å². The number of aromatic nitrogens is 2. The molecule has 0 amide bonds. The Morgan fingerprint density at radius 1 is 1.12 bits per heavy atom. The topological polar surface area (TPSA) is 71.7 Å². The van der Waals surface area contributed by atoms with Crippen LogP contribution in [-0.2, 0) is 23.3 Å². The molecule has 0 fully saturated rings. The quantitative estimate of drug-likeness (QED) is 0.576. The lowest BCUT2D eigenvalue weighted by Crippen LogP contribution is -2.41. The number of nitrogens with zero attached hydrogens (tertiary/aromatic N) is 2. The molecule has 7 nitrogen and oxygen atoms in total. The first-order valence-corrected chi connectivity index (χ1v) is 10.9. The third-order valence-electron chi connectivity index (χ3n) is 5.18. The zero-order chi connectivity index (χ0) is 23.7. The number of aryl methyl sites for hydroxylation is 1. The van der Waals surface area contributed by atoms with Crippen LogP contribution in [-0.4, -0.2) is 29.6 Å². The van der Waals surface area contributed by atoms with Gasteiger partial charge in [-0.3, -0.25) is 9.36 Å². The van der Waals surface area contributed by atoms with Crippen molar-refractivity contribution >= 4 is 0 Å². The standard InChI is InChI=1S/C23H28N2O5.C2H6/c1-16-12-19(30-15-28-4)10-11-20(16)21-17(2)22(26)25(23(27)24(21)3)14-29-13-18-8-6-5-7-9-18;1-2/h5-6,8,10-12H,7,9,13-15H2,1-4H3;1-2H3. The van der Waals surface area contributed by atoms with E-state index in [1.54, 1.807) is 27.1 Å². The maximum atomic E-state index is 12.9. The molecule has 1 aromatic heterocycles. The smallest absolute Gasteiger partial charge is 0.333 e. The number of rotatable bonds is 8. The number of ether oxygens (including phenoxy) is 3. The van der Waals surface area contributed by atoms with Crippen LogP contribution in [0.15, 0.2) is 51.6 Å². The van der Waals surface area contributed by atoms with Crippen LogP contribution in [0.4, 0.5) is 0 Å². The molecule has 7 heteroatoms. The van der Waals surface area contributed by atoms with Gasteiger partial charge in [0.2, 0.25) is 0 Å². The highest BCUT2D eigenvalue weighted by Crippen LogP contribution is 2.27. The molecule has 1 aliphatic carbocycles. The first-order chi connectivity index (χ1) is 15.4. The Bertz CT molecular complexity index is 1060. The minimum Gasteiger partial charge on any atom is -0.468 e. The lowest BCUT2D eigenvalue weighted by molar-refractivity contribution is 0.0511. The Kier molecular flexibility index (Phi) is 9.68.